The fourth-order valence-electron chi connectivity index (χ4n) is 3.83. The number of nitrogens with one attached hydrogen (secondary N) is 2. The number of rotatable bonds is 4. The molecule has 3 aromatic rings. The van der Waals surface area contributed by atoms with Crippen molar-refractivity contribution < 1.29 is 4.79 Å². The van der Waals surface area contributed by atoms with Crippen molar-refractivity contribution >= 4 is 11.6 Å². The summed E-state index contributed by atoms with van der Waals surface area (Å²) in [6.45, 7) is 7.51. The maximum Gasteiger partial charge on any atom is 0.221 e. The van der Waals surface area contributed by atoms with E-state index in [0.29, 0.717) is 6.04 Å². The van der Waals surface area contributed by atoms with Gasteiger partial charge in [0.15, 0.2) is 0 Å². The highest BCUT2D eigenvalue weighted by atomic mass is 16.1. The molecule has 2 heterocycles. The van der Waals surface area contributed by atoms with Crippen molar-refractivity contribution in [3.05, 3.63) is 70.9 Å². The first-order chi connectivity index (χ1) is 13.0. The number of amides is 1. The summed E-state index contributed by atoms with van der Waals surface area (Å²) < 4.78 is 0. The number of aromatic nitrogens is 2. The molecule has 0 bridgehead atoms. The third kappa shape index (κ3) is 3.26. The summed E-state index contributed by atoms with van der Waals surface area (Å²) in [6, 6.07) is 16.9. The first-order valence-corrected chi connectivity index (χ1v) is 9.27. The Morgan fingerprint density at radius 2 is 1.93 bits per heavy atom. The Morgan fingerprint density at radius 1 is 1.15 bits per heavy atom. The van der Waals surface area contributed by atoms with E-state index >= 15 is 0 Å². The van der Waals surface area contributed by atoms with E-state index in [2.05, 4.69) is 63.7 Å². The van der Waals surface area contributed by atoms with Crippen LogP contribution in [0.15, 0.2) is 48.5 Å². The Morgan fingerprint density at radius 3 is 2.67 bits per heavy atom. The van der Waals surface area contributed by atoms with Crippen molar-refractivity contribution in [2.45, 2.75) is 39.9 Å². The third-order valence-electron chi connectivity index (χ3n) is 5.41. The van der Waals surface area contributed by atoms with Crippen LogP contribution in [0, 0.1) is 6.92 Å². The lowest BCUT2D eigenvalue weighted by atomic mass is 10.0. The fourth-order valence-corrected chi connectivity index (χ4v) is 3.83. The fraction of sp³-hybridized carbons (Fsp3) is 0.273. The highest BCUT2D eigenvalue weighted by Crippen LogP contribution is 2.37. The smallest absolute Gasteiger partial charge is 0.221 e. The lowest BCUT2D eigenvalue weighted by Gasteiger charge is -2.24. The monoisotopic (exact) mass is 360 g/mol. The standard InChI is InChI=1S/C22H24N4O/c1-14-18(10-7-11-20(14)23-16(3)27)22-19-12-26(13-21(19)24-25-22)15(2)17-8-5-4-6-9-17/h4-11,15H,12-13H2,1-3H3,(H,23,27)(H,24,25). The molecular weight excluding hydrogens is 336 g/mol. The summed E-state index contributed by atoms with van der Waals surface area (Å²) in [7, 11) is 0. The third-order valence-corrected chi connectivity index (χ3v) is 5.41. The minimum atomic E-state index is -0.0621. The largest absolute Gasteiger partial charge is 0.326 e. The lowest BCUT2D eigenvalue weighted by molar-refractivity contribution is -0.114. The molecule has 0 saturated heterocycles. The van der Waals surface area contributed by atoms with Crippen LogP contribution in [0.3, 0.4) is 0 Å². The molecule has 138 valence electrons. The van der Waals surface area contributed by atoms with Gasteiger partial charge in [-0.3, -0.25) is 14.8 Å². The summed E-state index contributed by atoms with van der Waals surface area (Å²) >= 11 is 0. The number of nitrogens with zero attached hydrogens (tertiary/aromatic N) is 2. The molecule has 1 unspecified atom stereocenters. The molecule has 0 aliphatic carbocycles. The van der Waals surface area contributed by atoms with E-state index in [0.717, 1.165) is 41.3 Å². The van der Waals surface area contributed by atoms with Crippen LogP contribution in [0.2, 0.25) is 0 Å². The highest BCUT2D eigenvalue weighted by molar-refractivity contribution is 5.91. The van der Waals surface area contributed by atoms with Crippen molar-refractivity contribution in [3.8, 4) is 11.3 Å². The molecule has 2 aromatic carbocycles. The van der Waals surface area contributed by atoms with Gasteiger partial charge in [-0.2, -0.15) is 5.10 Å². The van der Waals surface area contributed by atoms with E-state index < -0.39 is 0 Å². The Labute approximate surface area is 159 Å². The van der Waals surface area contributed by atoms with Crippen LogP contribution in [0.5, 0.6) is 0 Å². The number of carbonyl (C=O) groups is 1. The predicted molar refractivity (Wildman–Crippen MR) is 107 cm³/mol. The Kier molecular flexibility index (Phi) is 4.54. The van der Waals surface area contributed by atoms with E-state index in [-0.39, 0.29) is 5.91 Å². The number of H-pyrrole nitrogens is 1. The molecule has 1 aliphatic rings. The van der Waals surface area contributed by atoms with Gasteiger partial charge in [-0.15, -0.1) is 0 Å². The van der Waals surface area contributed by atoms with Gasteiger partial charge in [-0.25, -0.2) is 0 Å². The number of hydrogen-bond acceptors (Lipinski definition) is 3. The number of aromatic amines is 1. The minimum absolute atomic E-state index is 0.0621. The van der Waals surface area contributed by atoms with Crippen LogP contribution in [-0.4, -0.2) is 21.0 Å². The molecule has 4 rings (SSSR count). The van der Waals surface area contributed by atoms with Gasteiger partial charge in [-0.05, 0) is 31.0 Å². The highest BCUT2D eigenvalue weighted by Gasteiger charge is 2.29. The Bertz CT molecular complexity index is 977. The van der Waals surface area contributed by atoms with Crippen molar-refractivity contribution in [1.82, 2.24) is 15.1 Å². The van der Waals surface area contributed by atoms with E-state index in [1.165, 1.54) is 18.1 Å². The summed E-state index contributed by atoms with van der Waals surface area (Å²) in [5.41, 5.74) is 7.71. The molecule has 0 spiro atoms. The van der Waals surface area contributed by atoms with Gasteiger partial charge in [0.2, 0.25) is 5.91 Å². The molecule has 1 aliphatic heterocycles. The molecule has 0 fully saturated rings. The van der Waals surface area contributed by atoms with Crippen LogP contribution in [0.25, 0.3) is 11.3 Å². The molecule has 1 aromatic heterocycles. The summed E-state index contributed by atoms with van der Waals surface area (Å²) in [6.07, 6.45) is 0. The molecule has 2 N–H and O–H groups in total. The second-order valence-corrected chi connectivity index (χ2v) is 7.17. The number of fused-ring (bicyclic) bond motifs is 1. The van der Waals surface area contributed by atoms with Gasteiger partial charge in [0.1, 0.15) is 0 Å². The maximum atomic E-state index is 11.5. The van der Waals surface area contributed by atoms with Gasteiger partial charge in [0, 0.05) is 42.9 Å². The minimum Gasteiger partial charge on any atom is -0.326 e. The van der Waals surface area contributed by atoms with Crippen molar-refractivity contribution in [2.75, 3.05) is 5.32 Å². The molecule has 0 radical (unpaired) electrons. The van der Waals surface area contributed by atoms with Crippen LogP contribution in [0.1, 0.15) is 42.3 Å². The van der Waals surface area contributed by atoms with E-state index in [1.54, 1.807) is 0 Å². The topological polar surface area (TPSA) is 61.0 Å². The van der Waals surface area contributed by atoms with Gasteiger partial charge in [-0.1, -0.05) is 42.5 Å². The van der Waals surface area contributed by atoms with E-state index in [9.17, 15) is 4.79 Å². The average molecular weight is 360 g/mol. The van der Waals surface area contributed by atoms with Gasteiger partial charge < -0.3 is 5.32 Å². The zero-order valence-electron chi connectivity index (χ0n) is 15.9. The zero-order valence-corrected chi connectivity index (χ0v) is 15.9. The van der Waals surface area contributed by atoms with Crippen LogP contribution in [-0.2, 0) is 17.9 Å². The normalized spacial score (nSPS) is 14.8. The average Bonchev–Trinajstić information content (AvgIpc) is 3.24. The van der Waals surface area contributed by atoms with Crippen LogP contribution in [0.4, 0.5) is 5.69 Å². The second kappa shape index (κ2) is 7.00. The van der Waals surface area contributed by atoms with Crippen molar-refractivity contribution in [2.24, 2.45) is 0 Å². The van der Waals surface area contributed by atoms with Gasteiger partial charge in [0.25, 0.3) is 0 Å². The molecule has 1 amide bonds. The quantitative estimate of drug-likeness (QED) is 0.724. The first kappa shape index (κ1) is 17.5. The second-order valence-electron chi connectivity index (χ2n) is 7.17. The first-order valence-electron chi connectivity index (χ1n) is 9.27. The van der Waals surface area contributed by atoms with Crippen LogP contribution < -0.4 is 5.32 Å². The number of anilines is 1. The molecule has 1 atom stereocenters. The molecule has 27 heavy (non-hydrogen) atoms. The van der Waals surface area contributed by atoms with Gasteiger partial charge in [0.05, 0.1) is 11.4 Å². The molecular formula is C22H24N4O. The lowest BCUT2D eigenvalue weighted by Crippen LogP contribution is -2.21. The van der Waals surface area contributed by atoms with E-state index in [4.69, 9.17) is 0 Å². The predicted octanol–water partition coefficient (Wildman–Crippen LogP) is 4.42. The number of benzene rings is 2. The number of hydrogen-bond donors (Lipinski definition) is 2. The molecule has 5 heteroatoms. The Hall–Kier alpha value is -2.92. The molecule has 5 nitrogen and oxygen atoms in total. The summed E-state index contributed by atoms with van der Waals surface area (Å²) in [5, 5.41) is 10.7. The van der Waals surface area contributed by atoms with E-state index in [1.807, 2.05) is 19.1 Å². The zero-order chi connectivity index (χ0) is 19.0. The molecule has 0 saturated carbocycles. The van der Waals surface area contributed by atoms with Crippen molar-refractivity contribution in [3.63, 3.8) is 0 Å². The SMILES string of the molecule is CC(=O)Nc1cccc(-c2[nH]nc3c2CN(C(C)c2ccccc2)C3)c1C. The van der Waals surface area contributed by atoms with Crippen molar-refractivity contribution in [1.29, 1.82) is 0 Å². The van der Waals surface area contributed by atoms with Gasteiger partial charge >= 0.3 is 0 Å². The summed E-state index contributed by atoms with van der Waals surface area (Å²) in [5.74, 6) is -0.0621. The summed E-state index contributed by atoms with van der Waals surface area (Å²) in [4.78, 5) is 13.9. The van der Waals surface area contributed by atoms with Crippen LogP contribution >= 0.6 is 0 Å². The number of carbonyl (C=O) groups excluding carboxylic acids is 1. The Balaban J connectivity index is 1.63. The maximum absolute atomic E-state index is 11.5.